The Morgan fingerprint density at radius 3 is 2.76 bits per heavy atom. The van der Waals surface area contributed by atoms with E-state index in [0.29, 0.717) is 29.7 Å². The number of rotatable bonds is 5. The summed E-state index contributed by atoms with van der Waals surface area (Å²) in [6, 6.07) is 9.98. The van der Waals surface area contributed by atoms with Crippen molar-refractivity contribution in [1.82, 2.24) is 19.8 Å². The Morgan fingerprint density at radius 1 is 1.18 bits per heavy atom. The second kappa shape index (κ2) is 9.29. The van der Waals surface area contributed by atoms with Gasteiger partial charge in [0.1, 0.15) is 11.4 Å². The molecule has 1 fully saturated rings. The van der Waals surface area contributed by atoms with Gasteiger partial charge < -0.3 is 31.2 Å². The van der Waals surface area contributed by atoms with Crippen LogP contribution in [-0.2, 0) is 0 Å². The lowest BCUT2D eigenvalue weighted by Crippen LogP contribution is -2.47. The maximum atomic E-state index is 13.1. The number of aromatic nitrogens is 2. The van der Waals surface area contributed by atoms with Gasteiger partial charge in [0.25, 0.3) is 11.8 Å². The van der Waals surface area contributed by atoms with Gasteiger partial charge in [0.05, 0.1) is 5.69 Å². The number of likely N-dealkylation sites (tertiary alicyclic amines) is 1. The van der Waals surface area contributed by atoms with Crippen molar-refractivity contribution in [2.45, 2.75) is 18.9 Å². The highest BCUT2D eigenvalue weighted by Gasteiger charge is 2.26. The zero-order valence-corrected chi connectivity index (χ0v) is 18.6. The number of likely N-dealkylation sites (N-methyl/N-ethyl adjacent to an activating group) is 1. The number of anilines is 2. The van der Waals surface area contributed by atoms with Crippen molar-refractivity contribution >= 4 is 40.1 Å². The molecule has 1 unspecified atom stereocenters. The second-order valence-corrected chi connectivity index (χ2v) is 8.33. The molecule has 2 aromatic heterocycles. The quantitative estimate of drug-likeness (QED) is 0.474. The summed E-state index contributed by atoms with van der Waals surface area (Å²) < 4.78 is 0. The summed E-state index contributed by atoms with van der Waals surface area (Å²) in [6.45, 7) is 1.42. The van der Waals surface area contributed by atoms with E-state index in [1.54, 1.807) is 24.3 Å². The summed E-state index contributed by atoms with van der Waals surface area (Å²) >= 11 is 0. The van der Waals surface area contributed by atoms with E-state index in [-0.39, 0.29) is 11.6 Å². The van der Waals surface area contributed by atoms with Crippen molar-refractivity contribution in [1.29, 1.82) is 0 Å². The number of fused-ring (bicyclic) bond motifs is 1. The minimum absolute atomic E-state index is 0.0519. The number of piperidine rings is 1. The van der Waals surface area contributed by atoms with Crippen LogP contribution in [0.2, 0.25) is 0 Å². The number of H-pyrrole nitrogens is 1. The fourth-order valence-corrected chi connectivity index (χ4v) is 4.04. The van der Waals surface area contributed by atoms with Crippen LogP contribution in [0.3, 0.4) is 0 Å². The van der Waals surface area contributed by atoms with Crippen molar-refractivity contribution in [3.8, 4) is 0 Å². The molecule has 33 heavy (non-hydrogen) atoms. The van der Waals surface area contributed by atoms with E-state index in [1.165, 1.54) is 12.3 Å². The molecule has 10 nitrogen and oxygen atoms in total. The van der Waals surface area contributed by atoms with Gasteiger partial charge in [-0.1, -0.05) is 6.07 Å². The standard InChI is InChI=1S/C23H27N7O3/c1-29(2)15-5-4-10-30(13-15)22(32)20-12-16-17(27-20)6-3-7-18(16)28-23(33)26-14-8-9-25-19(11-14)21(24)31/h3,6-9,11-12,15,27H,4-5,10,13H2,1-2H3,(H2,24,31)(H2,25,26,28,33). The Hall–Kier alpha value is -3.92. The van der Waals surface area contributed by atoms with Crippen LogP contribution < -0.4 is 16.4 Å². The lowest BCUT2D eigenvalue weighted by molar-refractivity contribution is 0.0630. The van der Waals surface area contributed by atoms with E-state index in [2.05, 4.69) is 25.5 Å². The molecule has 0 radical (unpaired) electrons. The summed E-state index contributed by atoms with van der Waals surface area (Å²) in [6.07, 6.45) is 3.43. The summed E-state index contributed by atoms with van der Waals surface area (Å²) in [4.78, 5) is 48.0. The Kier molecular flexibility index (Phi) is 6.27. The Bertz CT molecular complexity index is 1200. The fourth-order valence-electron chi connectivity index (χ4n) is 4.04. The first-order valence-corrected chi connectivity index (χ1v) is 10.7. The third-order valence-electron chi connectivity index (χ3n) is 5.83. The number of nitrogens with one attached hydrogen (secondary N) is 3. The molecule has 0 aliphatic carbocycles. The predicted molar refractivity (Wildman–Crippen MR) is 126 cm³/mol. The summed E-state index contributed by atoms with van der Waals surface area (Å²) in [7, 11) is 4.07. The van der Waals surface area contributed by atoms with Gasteiger partial charge in [-0.15, -0.1) is 0 Å². The number of carbonyl (C=O) groups excluding carboxylic acids is 3. The second-order valence-electron chi connectivity index (χ2n) is 8.33. The number of hydrogen-bond donors (Lipinski definition) is 4. The largest absolute Gasteiger partial charge is 0.364 e. The highest BCUT2D eigenvalue weighted by Crippen LogP contribution is 2.26. The highest BCUT2D eigenvalue weighted by atomic mass is 16.2. The first kappa shape index (κ1) is 22.3. The minimum Gasteiger partial charge on any atom is -0.364 e. The number of urea groups is 1. The fraction of sp³-hybridized carbons (Fsp3) is 0.304. The van der Waals surface area contributed by atoms with Crippen LogP contribution in [0, 0.1) is 0 Å². The van der Waals surface area contributed by atoms with Gasteiger partial charge in [0.2, 0.25) is 0 Å². The SMILES string of the molecule is CN(C)C1CCCN(C(=O)c2cc3c(NC(=O)Nc4ccnc(C(N)=O)c4)cccc3[nH]2)C1. The van der Waals surface area contributed by atoms with Crippen molar-refractivity contribution in [2.24, 2.45) is 5.73 Å². The van der Waals surface area contributed by atoms with Crippen LogP contribution in [-0.4, -0.2) is 70.8 Å². The van der Waals surface area contributed by atoms with Gasteiger partial charge in [-0.2, -0.15) is 0 Å². The summed E-state index contributed by atoms with van der Waals surface area (Å²) in [5.74, 6) is -0.733. The molecule has 10 heteroatoms. The predicted octanol–water partition coefficient (Wildman–Crippen LogP) is 2.47. The lowest BCUT2D eigenvalue weighted by atomic mass is 10.0. The molecule has 3 aromatic rings. The number of nitrogens with zero attached hydrogens (tertiary/aromatic N) is 3. The van der Waals surface area contributed by atoms with Crippen LogP contribution in [0.4, 0.5) is 16.2 Å². The molecule has 0 bridgehead atoms. The first-order chi connectivity index (χ1) is 15.8. The van der Waals surface area contributed by atoms with Gasteiger partial charge in [-0.25, -0.2) is 4.79 Å². The van der Waals surface area contributed by atoms with Crippen molar-refractivity contribution < 1.29 is 14.4 Å². The van der Waals surface area contributed by atoms with E-state index in [9.17, 15) is 14.4 Å². The summed E-state index contributed by atoms with van der Waals surface area (Å²) in [5.41, 5.74) is 7.46. The van der Waals surface area contributed by atoms with Crippen molar-refractivity contribution in [2.75, 3.05) is 37.8 Å². The smallest absolute Gasteiger partial charge is 0.323 e. The van der Waals surface area contributed by atoms with Gasteiger partial charge in [0, 0.05) is 41.9 Å². The maximum absolute atomic E-state index is 13.1. The van der Waals surface area contributed by atoms with Gasteiger partial charge in [-0.05, 0) is 57.3 Å². The molecule has 1 atom stereocenters. The van der Waals surface area contributed by atoms with E-state index < -0.39 is 11.9 Å². The molecule has 172 valence electrons. The third kappa shape index (κ3) is 4.96. The van der Waals surface area contributed by atoms with Gasteiger partial charge in [0.15, 0.2) is 0 Å². The molecule has 0 spiro atoms. The van der Waals surface area contributed by atoms with Crippen LogP contribution in [0.15, 0.2) is 42.6 Å². The van der Waals surface area contributed by atoms with Crippen LogP contribution in [0.25, 0.3) is 10.9 Å². The van der Waals surface area contributed by atoms with Crippen molar-refractivity contribution in [3.05, 3.63) is 54.0 Å². The number of amides is 4. The van der Waals surface area contributed by atoms with Crippen LogP contribution >= 0.6 is 0 Å². The number of hydrogen-bond acceptors (Lipinski definition) is 5. The molecule has 5 N–H and O–H groups in total. The molecule has 3 heterocycles. The van der Waals surface area contributed by atoms with E-state index in [1.807, 2.05) is 25.1 Å². The number of nitrogens with two attached hydrogens (primary N) is 1. The minimum atomic E-state index is -0.682. The first-order valence-electron chi connectivity index (χ1n) is 10.7. The molecular weight excluding hydrogens is 422 g/mol. The molecule has 1 aromatic carbocycles. The van der Waals surface area contributed by atoms with Gasteiger partial charge >= 0.3 is 6.03 Å². The summed E-state index contributed by atoms with van der Waals surface area (Å²) in [5, 5.41) is 6.18. The third-order valence-corrected chi connectivity index (χ3v) is 5.83. The van der Waals surface area contributed by atoms with Crippen LogP contribution in [0.1, 0.15) is 33.8 Å². The lowest BCUT2D eigenvalue weighted by Gasteiger charge is -2.35. The number of pyridine rings is 1. The average molecular weight is 450 g/mol. The van der Waals surface area contributed by atoms with E-state index in [0.717, 1.165) is 30.3 Å². The van der Waals surface area contributed by atoms with Crippen LogP contribution in [0.5, 0.6) is 0 Å². The Labute approximate surface area is 191 Å². The topological polar surface area (TPSA) is 136 Å². The average Bonchev–Trinajstić information content (AvgIpc) is 3.24. The molecule has 1 aliphatic heterocycles. The number of primary amides is 1. The monoisotopic (exact) mass is 449 g/mol. The Morgan fingerprint density at radius 2 is 2.00 bits per heavy atom. The Balaban J connectivity index is 1.50. The van der Waals surface area contributed by atoms with Crippen molar-refractivity contribution in [3.63, 3.8) is 0 Å². The molecule has 4 amide bonds. The number of benzene rings is 1. The molecule has 0 saturated carbocycles. The van der Waals surface area contributed by atoms with E-state index in [4.69, 9.17) is 5.73 Å². The number of carbonyl (C=O) groups is 3. The highest BCUT2D eigenvalue weighted by molar-refractivity contribution is 6.08. The zero-order chi connectivity index (χ0) is 23.5. The van der Waals surface area contributed by atoms with Gasteiger partial charge in [-0.3, -0.25) is 14.6 Å². The number of aromatic amines is 1. The van der Waals surface area contributed by atoms with E-state index >= 15 is 0 Å². The maximum Gasteiger partial charge on any atom is 0.323 e. The zero-order valence-electron chi connectivity index (χ0n) is 18.6. The normalized spacial score (nSPS) is 16.1. The molecular formula is C23H27N7O3. The molecule has 1 saturated heterocycles. The molecule has 1 aliphatic rings. The molecule has 4 rings (SSSR count).